The van der Waals surface area contributed by atoms with Gasteiger partial charge in [-0.25, -0.2) is 0 Å². The summed E-state index contributed by atoms with van der Waals surface area (Å²) in [6, 6.07) is 0.503. The van der Waals surface area contributed by atoms with Crippen LogP contribution in [-0.4, -0.2) is 50.1 Å². The molecule has 0 spiro atoms. The molecule has 0 aromatic carbocycles. The van der Waals surface area contributed by atoms with E-state index < -0.39 is 0 Å². The summed E-state index contributed by atoms with van der Waals surface area (Å²) >= 11 is 0. The third-order valence-electron chi connectivity index (χ3n) is 4.02. The largest absolute Gasteiger partial charge is 0.355 e. The van der Waals surface area contributed by atoms with Gasteiger partial charge in [0.15, 0.2) is 5.96 Å². The van der Waals surface area contributed by atoms with Crippen molar-refractivity contribution in [2.75, 3.05) is 33.2 Å². The average Bonchev–Trinajstić information content (AvgIpc) is 2.47. The molecular weight excluding hydrogens is 248 g/mol. The van der Waals surface area contributed by atoms with Gasteiger partial charge in [0.25, 0.3) is 0 Å². The molecule has 0 saturated carbocycles. The topological polar surface area (TPSA) is 39.7 Å². The van der Waals surface area contributed by atoms with Gasteiger partial charge in [-0.1, -0.05) is 32.6 Å². The Balaban J connectivity index is 2.12. The van der Waals surface area contributed by atoms with E-state index in [0.717, 1.165) is 19.0 Å². The molecule has 4 heteroatoms. The van der Waals surface area contributed by atoms with E-state index in [1.807, 2.05) is 7.05 Å². The van der Waals surface area contributed by atoms with Gasteiger partial charge in [0.1, 0.15) is 0 Å². The molecule has 1 fully saturated rings. The molecule has 1 unspecified atom stereocenters. The van der Waals surface area contributed by atoms with Gasteiger partial charge in [-0.2, -0.15) is 0 Å². The minimum absolute atomic E-state index is 0.503. The summed E-state index contributed by atoms with van der Waals surface area (Å²) in [6.07, 6.45) is 9.27. The lowest BCUT2D eigenvalue weighted by Crippen LogP contribution is -2.45. The van der Waals surface area contributed by atoms with Crippen molar-refractivity contribution in [2.45, 2.75) is 64.8 Å². The number of hydrogen-bond acceptors (Lipinski definition) is 2. The van der Waals surface area contributed by atoms with Gasteiger partial charge in [-0.15, -0.1) is 0 Å². The summed E-state index contributed by atoms with van der Waals surface area (Å²) in [5.41, 5.74) is 0. The Morgan fingerprint density at radius 2 is 1.95 bits per heavy atom. The Morgan fingerprint density at radius 3 is 2.60 bits per heavy atom. The Morgan fingerprint density at radius 1 is 1.20 bits per heavy atom. The van der Waals surface area contributed by atoms with Crippen molar-refractivity contribution >= 4 is 5.96 Å². The highest BCUT2D eigenvalue weighted by molar-refractivity contribution is 5.79. The zero-order valence-corrected chi connectivity index (χ0v) is 13.7. The van der Waals surface area contributed by atoms with Crippen LogP contribution < -0.4 is 10.6 Å². The van der Waals surface area contributed by atoms with Crippen LogP contribution in [-0.2, 0) is 0 Å². The summed E-state index contributed by atoms with van der Waals surface area (Å²) in [6.45, 7) is 9.14. The van der Waals surface area contributed by atoms with E-state index >= 15 is 0 Å². The van der Waals surface area contributed by atoms with Crippen LogP contribution in [0, 0.1) is 0 Å². The van der Waals surface area contributed by atoms with Crippen LogP contribution in [0.1, 0.15) is 58.8 Å². The smallest absolute Gasteiger partial charge is 0.191 e. The third kappa shape index (κ3) is 7.73. The molecular formula is C16H34N4. The maximum atomic E-state index is 4.31. The van der Waals surface area contributed by atoms with E-state index in [4.69, 9.17) is 0 Å². The van der Waals surface area contributed by atoms with Gasteiger partial charge >= 0.3 is 0 Å². The van der Waals surface area contributed by atoms with Crippen molar-refractivity contribution in [3.8, 4) is 0 Å². The summed E-state index contributed by atoms with van der Waals surface area (Å²) < 4.78 is 0. The summed E-state index contributed by atoms with van der Waals surface area (Å²) in [7, 11) is 1.86. The van der Waals surface area contributed by atoms with Gasteiger partial charge in [0.05, 0.1) is 0 Å². The monoisotopic (exact) mass is 282 g/mol. The molecule has 0 aliphatic carbocycles. The van der Waals surface area contributed by atoms with E-state index in [9.17, 15) is 0 Å². The van der Waals surface area contributed by atoms with Crippen molar-refractivity contribution in [3.63, 3.8) is 0 Å². The fraction of sp³-hybridized carbons (Fsp3) is 0.938. The number of unbranched alkanes of at least 4 members (excludes halogenated alkanes) is 2. The second-order valence-electron chi connectivity index (χ2n) is 5.94. The second-order valence-corrected chi connectivity index (χ2v) is 5.94. The zero-order chi connectivity index (χ0) is 14.6. The minimum atomic E-state index is 0.503. The standard InChI is InChI=1S/C16H34N4/c1-4-5-7-10-15(2)19-16(17-3)18-11-14-20-12-8-6-9-13-20/h15H,4-14H2,1-3H3,(H2,17,18,19). The molecule has 1 saturated heterocycles. The molecule has 1 rings (SSSR count). The molecule has 0 aromatic heterocycles. The Labute approximate surface area is 125 Å². The zero-order valence-electron chi connectivity index (χ0n) is 13.7. The van der Waals surface area contributed by atoms with Gasteiger partial charge in [-0.3, -0.25) is 4.99 Å². The molecule has 2 N–H and O–H groups in total. The number of hydrogen-bond donors (Lipinski definition) is 2. The quantitative estimate of drug-likeness (QED) is 0.408. The molecule has 1 atom stereocenters. The number of nitrogens with one attached hydrogen (secondary N) is 2. The lowest BCUT2D eigenvalue weighted by atomic mass is 10.1. The lowest BCUT2D eigenvalue weighted by molar-refractivity contribution is 0.232. The molecule has 20 heavy (non-hydrogen) atoms. The van der Waals surface area contributed by atoms with Crippen LogP contribution in [0.25, 0.3) is 0 Å². The van der Waals surface area contributed by atoms with E-state index in [0.29, 0.717) is 6.04 Å². The van der Waals surface area contributed by atoms with Crippen molar-refractivity contribution in [1.82, 2.24) is 15.5 Å². The molecule has 0 aromatic rings. The number of rotatable bonds is 8. The van der Waals surface area contributed by atoms with E-state index in [2.05, 4.69) is 34.4 Å². The molecule has 0 bridgehead atoms. The van der Waals surface area contributed by atoms with Crippen LogP contribution in [0.5, 0.6) is 0 Å². The first-order valence-electron chi connectivity index (χ1n) is 8.45. The van der Waals surface area contributed by atoms with Crippen LogP contribution in [0.15, 0.2) is 4.99 Å². The molecule has 1 aliphatic rings. The first kappa shape index (κ1) is 17.3. The van der Waals surface area contributed by atoms with Crippen LogP contribution in [0.3, 0.4) is 0 Å². The molecule has 1 aliphatic heterocycles. The molecule has 4 nitrogen and oxygen atoms in total. The van der Waals surface area contributed by atoms with Crippen molar-refractivity contribution in [1.29, 1.82) is 0 Å². The fourth-order valence-electron chi connectivity index (χ4n) is 2.72. The Bertz CT molecular complexity index is 259. The van der Waals surface area contributed by atoms with Gasteiger partial charge < -0.3 is 15.5 Å². The molecule has 118 valence electrons. The number of likely N-dealkylation sites (tertiary alicyclic amines) is 1. The summed E-state index contributed by atoms with van der Waals surface area (Å²) in [4.78, 5) is 6.86. The lowest BCUT2D eigenvalue weighted by Gasteiger charge is -2.27. The van der Waals surface area contributed by atoms with Crippen molar-refractivity contribution in [2.24, 2.45) is 4.99 Å². The fourth-order valence-corrected chi connectivity index (χ4v) is 2.72. The molecule has 1 heterocycles. The van der Waals surface area contributed by atoms with Crippen molar-refractivity contribution < 1.29 is 0 Å². The maximum Gasteiger partial charge on any atom is 0.191 e. The highest BCUT2D eigenvalue weighted by Crippen LogP contribution is 2.07. The SMILES string of the molecule is CCCCCC(C)NC(=NC)NCCN1CCCCC1. The van der Waals surface area contributed by atoms with Crippen molar-refractivity contribution in [3.05, 3.63) is 0 Å². The van der Waals surface area contributed by atoms with Gasteiger partial charge in [0, 0.05) is 26.2 Å². The molecule has 0 amide bonds. The normalized spacial score (nSPS) is 18.9. The van der Waals surface area contributed by atoms with Gasteiger partial charge in [0.2, 0.25) is 0 Å². The first-order chi connectivity index (χ1) is 9.76. The average molecular weight is 282 g/mol. The van der Waals surface area contributed by atoms with Gasteiger partial charge in [-0.05, 0) is 39.3 Å². The van der Waals surface area contributed by atoms with E-state index in [-0.39, 0.29) is 0 Å². The summed E-state index contributed by atoms with van der Waals surface area (Å²) in [5.74, 6) is 0.950. The maximum absolute atomic E-state index is 4.31. The van der Waals surface area contributed by atoms with Crippen LogP contribution in [0.2, 0.25) is 0 Å². The molecule has 0 radical (unpaired) electrons. The highest BCUT2D eigenvalue weighted by atomic mass is 15.2. The summed E-state index contributed by atoms with van der Waals surface area (Å²) in [5, 5.41) is 6.92. The number of aliphatic imine (C=N–C) groups is 1. The second kappa shape index (κ2) is 11.0. The predicted octanol–water partition coefficient (Wildman–Crippen LogP) is 2.61. The number of piperidine rings is 1. The predicted molar refractivity (Wildman–Crippen MR) is 88.4 cm³/mol. The first-order valence-corrected chi connectivity index (χ1v) is 8.45. The Hall–Kier alpha value is -0.770. The number of nitrogens with zero attached hydrogens (tertiary/aromatic N) is 2. The minimum Gasteiger partial charge on any atom is -0.355 e. The van der Waals surface area contributed by atoms with E-state index in [1.165, 1.54) is 58.0 Å². The highest BCUT2D eigenvalue weighted by Gasteiger charge is 2.10. The van der Waals surface area contributed by atoms with Crippen LogP contribution >= 0.6 is 0 Å². The third-order valence-corrected chi connectivity index (χ3v) is 4.02. The number of guanidine groups is 1. The van der Waals surface area contributed by atoms with E-state index in [1.54, 1.807) is 0 Å². The van der Waals surface area contributed by atoms with Crippen LogP contribution in [0.4, 0.5) is 0 Å². The Kier molecular flexibility index (Phi) is 9.46.